The Bertz CT molecular complexity index is 2730. The Morgan fingerprint density at radius 2 is 1.30 bits per heavy atom. The van der Waals surface area contributed by atoms with Crippen molar-refractivity contribution < 1.29 is 4.42 Å². The van der Waals surface area contributed by atoms with Crippen molar-refractivity contribution in [1.82, 2.24) is 9.88 Å². The Morgan fingerprint density at radius 3 is 2.12 bits per heavy atom. The Labute approximate surface area is 289 Å². The summed E-state index contributed by atoms with van der Waals surface area (Å²) in [6.45, 7) is 0. The van der Waals surface area contributed by atoms with Crippen LogP contribution in [0.25, 0.3) is 60.6 Å². The number of amidine groups is 2. The Kier molecular flexibility index (Phi) is 6.62. The zero-order valence-corrected chi connectivity index (χ0v) is 27.3. The average Bonchev–Trinajstić information content (AvgIpc) is 3.74. The maximum Gasteiger partial charge on any atom is 0.159 e. The summed E-state index contributed by atoms with van der Waals surface area (Å²) in [7, 11) is 0. The van der Waals surface area contributed by atoms with Gasteiger partial charge in [0.1, 0.15) is 23.2 Å². The van der Waals surface area contributed by atoms with E-state index in [4.69, 9.17) is 14.4 Å². The van der Waals surface area contributed by atoms with Crippen LogP contribution >= 0.6 is 0 Å². The zero-order valence-electron chi connectivity index (χ0n) is 27.3. The first kappa shape index (κ1) is 28.5. The van der Waals surface area contributed by atoms with Gasteiger partial charge in [0.15, 0.2) is 5.84 Å². The van der Waals surface area contributed by atoms with Crippen LogP contribution in [0, 0.1) is 0 Å². The Balaban J connectivity index is 1.05. The molecule has 0 radical (unpaired) electrons. The molecule has 1 aliphatic carbocycles. The van der Waals surface area contributed by atoms with E-state index in [9.17, 15) is 0 Å². The minimum atomic E-state index is -0.197. The van der Waals surface area contributed by atoms with Gasteiger partial charge in [0.25, 0.3) is 0 Å². The smallest absolute Gasteiger partial charge is 0.159 e. The highest BCUT2D eigenvalue weighted by Crippen LogP contribution is 2.40. The summed E-state index contributed by atoms with van der Waals surface area (Å²) in [4.78, 5) is 10.1. The lowest BCUT2D eigenvalue weighted by atomic mass is 9.98. The average molecular weight is 645 g/mol. The van der Waals surface area contributed by atoms with Gasteiger partial charge in [-0.05, 0) is 54.3 Å². The molecule has 8 aromatic rings. The van der Waals surface area contributed by atoms with Crippen LogP contribution in [0.5, 0.6) is 0 Å². The van der Waals surface area contributed by atoms with Gasteiger partial charge in [0.2, 0.25) is 0 Å². The van der Waals surface area contributed by atoms with Gasteiger partial charge in [-0.25, -0.2) is 9.98 Å². The maximum atomic E-state index is 6.42. The van der Waals surface area contributed by atoms with Crippen LogP contribution in [-0.2, 0) is 0 Å². The van der Waals surface area contributed by atoms with Crippen molar-refractivity contribution in [1.29, 1.82) is 0 Å². The molecule has 2 aliphatic rings. The number of fused-ring (bicyclic) bond motifs is 6. The third kappa shape index (κ3) is 4.70. The number of aromatic nitrogens is 1. The summed E-state index contributed by atoms with van der Waals surface area (Å²) in [6, 6.07) is 50.9. The molecular weight excluding hydrogens is 613 g/mol. The second-order valence-electron chi connectivity index (χ2n) is 13.0. The van der Waals surface area contributed by atoms with Gasteiger partial charge >= 0.3 is 0 Å². The van der Waals surface area contributed by atoms with E-state index in [0.29, 0.717) is 0 Å². The number of furan rings is 1. The minimum absolute atomic E-state index is 0.197. The van der Waals surface area contributed by atoms with Crippen LogP contribution in [0.2, 0.25) is 0 Å². The fourth-order valence-corrected chi connectivity index (χ4v) is 7.58. The lowest BCUT2D eigenvalue weighted by molar-refractivity contribution is 0.670. The Morgan fingerprint density at radius 1 is 0.580 bits per heavy atom. The highest BCUT2D eigenvalue weighted by Gasteiger charge is 2.25. The van der Waals surface area contributed by atoms with Crippen molar-refractivity contribution in [2.24, 2.45) is 9.98 Å². The van der Waals surface area contributed by atoms with Gasteiger partial charge in [-0.2, -0.15) is 0 Å². The van der Waals surface area contributed by atoms with Crippen LogP contribution < -0.4 is 5.32 Å². The van der Waals surface area contributed by atoms with E-state index in [-0.39, 0.29) is 6.17 Å². The fourth-order valence-electron chi connectivity index (χ4n) is 7.58. The third-order valence-electron chi connectivity index (χ3n) is 10.0. The molecule has 0 fully saturated rings. The lowest BCUT2D eigenvalue weighted by Gasteiger charge is -2.27. The normalized spacial score (nSPS) is 16.3. The largest absolute Gasteiger partial charge is 0.455 e. The molecule has 0 amide bonds. The molecule has 5 nitrogen and oxygen atoms in total. The quantitative estimate of drug-likeness (QED) is 0.203. The second-order valence-corrected chi connectivity index (χ2v) is 13.0. The predicted molar refractivity (Wildman–Crippen MR) is 207 cm³/mol. The van der Waals surface area contributed by atoms with E-state index in [2.05, 4.69) is 119 Å². The summed E-state index contributed by atoms with van der Waals surface area (Å²) in [5.41, 5.74) is 11.1. The molecule has 1 N–H and O–H groups in total. The second kappa shape index (κ2) is 11.6. The van der Waals surface area contributed by atoms with Crippen molar-refractivity contribution in [3.05, 3.63) is 174 Å². The molecule has 0 saturated carbocycles. The van der Waals surface area contributed by atoms with E-state index < -0.39 is 0 Å². The van der Waals surface area contributed by atoms with Gasteiger partial charge in [-0.1, -0.05) is 127 Å². The number of nitrogens with one attached hydrogen (secondary N) is 1. The molecule has 50 heavy (non-hydrogen) atoms. The first-order chi connectivity index (χ1) is 24.8. The predicted octanol–water partition coefficient (Wildman–Crippen LogP) is 10.7. The molecule has 2 aromatic heterocycles. The molecule has 0 bridgehead atoms. The number of hydrogen-bond donors (Lipinski definition) is 1. The number of hydrogen-bond acceptors (Lipinski definition) is 4. The molecule has 1 unspecified atom stereocenters. The highest BCUT2D eigenvalue weighted by molar-refractivity contribution is 6.14. The van der Waals surface area contributed by atoms with Crippen LogP contribution in [0.3, 0.4) is 0 Å². The summed E-state index contributed by atoms with van der Waals surface area (Å²) < 4.78 is 8.86. The number of rotatable bonds is 5. The number of aliphatic imine (C=N–C) groups is 2. The van der Waals surface area contributed by atoms with Crippen LogP contribution in [-0.4, -0.2) is 22.4 Å². The van der Waals surface area contributed by atoms with Crippen molar-refractivity contribution in [3.63, 3.8) is 0 Å². The Hall–Kier alpha value is -6.46. The molecule has 5 heteroatoms. The molecule has 0 spiro atoms. The number of para-hydroxylation sites is 3. The number of benzene rings is 6. The number of nitrogens with zero attached hydrogens (tertiary/aromatic N) is 3. The summed E-state index contributed by atoms with van der Waals surface area (Å²) >= 11 is 0. The van der Waals surface area contributed by atoms with Crippen LogP contribution in [0.1, 0.15) is 24.0 Å². The van der Waals surface area contributed by atoms with E-state index in [1.165, 1.54) is 33.1 Å². The SMILES string of the molecule is C1=C(C2N=C(c3ccccc3)N=C(c3ccccc3)N2)CCC(n2c3ccccc3c3cc(-c4cccc5c4oc4ccccc45)ccc32)=C1. The first-order valence-corrected chi connectivity index (χ1v) is 17.2. The van der Waals surface area contributed by atoms with Crippen molar-refractivity contribution >= 4 is 61.1 Å². The van der Waals surface area contributed by atoms with Crippen molar-refractivity contribution in [2.45, 2.75) is 19.0 Å². The van der Waals surface area contributed by atoms with E-state index in [1.807, 2.05) is 48.5 Å². The van der Waals surface area contributed by atoms with Crippen molar-refractivity contribution in [2.75, 3.05) is 0 Å². The standard InChI is InChI=1S/C45H32N4O/c1-3-12-29(13-4-1)43-46-44(30-14-5-2-6-15-30)48-45(47-43)31-22-25-33(26-23-31)49-39-20-9-7-16-35(39)38-28-32(24-27-40(38)49)34-18-11-19-37-36-17-8-10-21-41(36)50-42(34)37/h1-22,24-25,27-28,45H,23,26H2,(H,46,47,48). The van der Waals surface area contributed by atoms with Crippen LogP contribution in [0.4, 0.5) is 0 Å². The molecule has 1 aliphatic heterocycles. The molecule has 10 rings (SSSR count). The third-order valence-corrected chi connectivity index (χ3v) is 10.0. The van der Waals surface area contributed by atoms with Crippen molar-refractivity contribution in [3.8, 4) is 11.1 Å². The van der Waals surface area contributed by atoms with Gasteiger partial charge in [0.05, 0.1) is 11.0 Å². The van der Waals surface area contributed by atoms with Gasteiger partial charge in [-0.3, -0.25) is 0 Å². The van der Waals surface area contributed by atoms with Gasteiger partial charge in [-0.15, -0.1) is 0 Å². The molecule has 1 atom stereocenters. The maximum absolute atomic E-state index is 6.42. The molecule has 6 aromatic carbocycles. The minimum Gasteiger partial charge on any atom is -0.455 e. The summed E-state index contributed by atoms with van der Waals surface area (Å²) in [6.07, 6.45) is 6.12. The van der Waals surface area contributed by atoms with E-state index >= 15 is 0 Å². The first-order valence-electron chi connectivity index (χ1n) is 17.2. The highest BCUT2D eigenvalue weighted by atomic mass is 16.3. The summed E-state index contributed by atoms with van der Waals surface area (Å²) in [5.74, 6) is 1.59. The fraction of sp³-hybridized carbons (Fsp3) is 0.0667. The monoisotopic (exact) mass is 644 g/mol. The zero-order chi connectivity index (χ0) is 33.0. The van der Waals surface area contributed by atoms with E-state index in [0.717, 1.165) is 68.7 Å². The van der Waals surface area contributed by atoms with E-state index in [1.54, 1.807) is 0 Å². The number of allylic oxidation sites excluding steroid dienone is 3. The molecule has 238 valence electrons. The summed E-state index contributed by atoms with van der Waals surface area (Å²) in [5, 5.41) is 8.41. The lowest BCUT2D eigenvalue weighted by Crippen LogP contribution is -2.40. The molecule has 3 heterocycles. The topological polar surface area (TPSA) is 54.8 Å². The van der Waals surface area contributed by atoms with Crippen LogP contribution in [0.15, 0.2) is 178 Å². The van der Waals surface area contributed by atoms with Gasteiger partial charge < -0.3 is 14.3 Å². The molecule has 0 saturated heterocycles. The molecular formula is C45H32N4O. The van der Waals surface area contributed by atoms with Gasteiger partial charge in [0, 0.05) is 43.9 Å².